The molecule has 2 heterocycles. The Balaban J connectivity index is 1.58. The Morgan fingerprint density at radius 3 is 1.02 bits per heavy atom. The molecule has 0 aliphatic rings. The average molecular weight is 875 g/mol. The van der Waals surface area contributed by atoms with Crippen LogP contribution in [0.1, 0.15) is 33.4 Å². The van der Waals surface area contributed by atoms with Crippen molar-refractivity contribution < 1.29 is 65.9 Å². The Morgan fingerprint density at radius 2 is 0.710 bits per heavy atom. The zero-order chi connectivity index (χ0) is 45.1. The molecular formula is C43H17F15N4. The molecule has 0 bridgehead atoms. The van der Waals surface area contributed by atoms with Crippen molar-refractivity contribution in [3.05, 3.63) is 148 Å². The molecule has 8 aromatic rings. The van der Waals surface area contributed by atoms with Gasteiger partial charge in [0.25, 0.3) is 0 Å². The first-order valence-corrected chi connectivity index (χ1v) is 17.4. The monoisotopic (exact) mass is 874 g/mol. The normalized spacial score (nSPS) is 13.0. The van der Waals surface area contributed by atoms with Crippen LogP contribution in [-0.4, -0.2) is 9.13 Å². The van der Waals surface area contributed by atoms with Crippen LogP contribution < -0.4 is 0 Å². The lowest BCUT2D eigenvalue weighted by molar-refractivity contribution is -0.138. The van der Waals surface area contributed by atoms with E-state index < -0.39 is 80.7 Å². The second kappa shape index (κ2) is 13.7. The van der Waals surface area contributed by atoms with Gasteiger partial charge in [-0.05, 0) is 108 Å². The van der Waals surface area contributed by atoms with Crippen molar-refractivity contribution in [3.8, 4) is 28.6 Å². The van der Waals surface area contributed by atoms with Gasteiger partial charge in [0.05, 0.1) is 79.5 Å². The van der Waals surface area contributed by atoms with Crippen LogP contribution >= 0.6 is 0 Å². The van der Waals surface area contributed by atoms with E-state index in [1.165, 1.54) is 0 Å². The Morgan fingerprint density at radius 1 is 0.403 bits per heavy atom. The fourth-order valence-corrected chi connectivity index (χ4v) is 7.55. The molecule has 314 valence electrons. The highest BCUT2D eigenvalue weighted by Crippen LogP contribution is 2.47. The molecule has 0 saturated heterocycles. The molecule has 0 aliphatic carbocycles. The van der Waals surface area contributed by atoms with Gasteiger partial charge in [0.1, 0.15) is 0 Å². The summed E-state index contributed by atoms with van der Waals surface area (Å²) in [4.78, 5) is 3.49. The highest BCUT2D eigenvalue weighted by Gasteiger charge is 2.37. The number of fused-ring (bicyclic) bond motifs is 6. The molecule has 8 rings (SSSR count). The van der Waals surface area contributed by atoms with Crippen molar-refractivity contribution in [1.29, 1.82) is 5.26 Å². The van der Waals surface area contributed by atoms with E-state index in [1.807, 2.05) is 0 Å². The minimum atomic E-state index is -5.01. The quantitative estimate of drug-likeness (QED) is 0.129. The summed E-state index contributed by atoms with van der Waals surface area (Å²) >= 11 is 0. The first-order valence-electron chi connectivity index (χ1n) is 17.4. The van der Waals surface area contributed by atoms with Gasteiger partial charge in [0.15, 0.2) is 5.69 Å². The van der Waals surface area contributed by atoms with Gasteiger partial charge >= 0.3 is 30.9 Å². The number of aromatic nitrogens is 2. The van der Waals surface area contributed by atoms with E-state index in [4.69, 9.17) is 6.57 Å². The molecule has 0 fully saturated rings. The lowest BCUT2D eigenvalue weighted by Gasteiger charge is -2.20. The average Bonchev–Trinajstić information content (AvgIpc) is 3.69. The smallest absolute Gasteiger partial charge is 0.308 e. The Hall–Kier alpha value is -7.15. The standard InChI is InChI=1S/C43H17F15N4/c1-60-32-18-38(62-35-10-5-24(42(53,54)55)15-30(35)31-16-25(43(56,57)58)6-11-36(31)62)37(17-27(32)26-7-2-21(39(44,45)46)12-20(26)19-59)61-33-8-3-22(40(47,48)49)13-28(33)29-14-23(41(50,51)52)4-9-34(29)61/h2-18H. The van der Waals surface area contributed by atoms with Crippen LogP contribution in [0.15, 0.2) is 103 Å². The van der Waals surface area contributed by atoms with E-state index in [0.717, 1.165) is 51.6 Å². The first kappa shape index (κ1) is 41.6. The van der Waals surface area contributed by atoms with E-state index >= 15 is 0 Å². The van der Waals surface area contributed by atoms with Crippen LogP contribution in [0, 0.1) is 17.9 Å². The molecule has 0 atom stereocenters. The van der Waals surface area contributed by atoms with Crippen molar-refractivity contribution in [3.63, 3.8) is 0 Å². The van der Waals surface area contributed by atoms with Crippen LogP contribution in [-0.2, 0) is 30.9 Å². The van der Waals surface area contributed by atoms with Crippen LogP contribution in [0.25, 0.3) is 71.0 Å². The lowest BCUT2D eigenvalue weighted by atomic mass is 9.95. The summed E-state index contributed by atoms with van der Waals surface area (Å²) in [5.74, 6) is 0. The Labute approximate surface area is 336 Å². The summed E-state index contributed by atoms with van der Waals surface area (Å²) in [6.45, 7) is 8.10. The van der Waals surface area contributed by atoms with Crippen molar-refractivity contribution in [2.24, 2.45) is 0 Å². The van der Waals surface area contributed by atoms with Gasteiger partial charge in [-0.3, -0.25) is 0 Å². The van der Waals surface area contributed by atoms with Crippen molar-refractivity contribution in [2.75, 3.05) is 0 Å². The molecule has 0 N–H and O–H groups in total. The minimum absolute atomic E-state index is 0.205. The second-order valence-corrected chi connectivity index (χ2v) is 13.9. The number of nitriles is 1. The third kappa shape index (κ3) is 6.87. The molecule has 0 unspecified atom stereocenters. The number of benzene rings is 6. The molecule has 0 amide bonds. The Bertz CT molecular complexity index is 3110. The fourth-order valence-electron chi connectivity index (χ4n) is 7.55. The molecule has 4 nitrogen and oxygen atoms in total. The number of halogens is 15. The number of hydrogen-bond donors (Lipinski definition) is 0. The summed E-state index contributed by atoms with van der Waals surface area (Å²) in [5, 5.41) is 8.43. The lowest BCUT2D eigenvalue weighted by Crippen LogP contribution is -2.07. The third-order valence-electron chi connectivity index (χ3n) is 10.3. The summed E-state index contributed by atoms with van der Waals surface area (Å²) < 4.78 is 213. The van der Waals surface area contributed by atoms with Gasteiger partial charge in [0, 0.05) is 21.5 Å². The molecule has 62 heavy (non-hydrogen) atoms. The molecule has 19 heteroatoms. The second-order valence-electron chi connectivity index (χ2n) is 13.9. The zero-order valence-electron chi connectivity index (χ0n) is 30.3. The molecule has 0 aliphatic heterocycles. The van der Waals surface area contributed by atoms with Crippen molar-refractivity contribution in [1.82, 2.24) is 9.13 Å². The van der Waals surface area contributed by atoms with E-state index in [-0.39, 0.29) is 55.3 Å². The maximum Gasteiger partial charge on any atom is 0.416 e. The fraction of sp³-hybridized carbons (Fsp3) is 0.116. The zero-order valence-corrected chi connectivity index (χ0v) is 30.3. The summed E-state index contributed by atoms with van der Waals surface area (Å²) in [6.07, 6.45) is -25.0. The van der Waals surface area contributed by atoms with Gasteiger partial charge in [-0.25, -0.2) is 4.85 Å². The van der Waals surface area contributed by atoms with E-state index in [0.29, 0.717) is 60.7 Å². The van der Waals surface area contributed by atoms with E-state index in [9.17, 15) is 71.1 Å². The largest absolute Gasteiger partial charge is 0.416 e. The van der Waals surface area contributed by atoms with Gasteiger partial charge in [-0.2, -0.15) is 71.1 Å². The molecule has 0 spiro atoms. The van der Waals surface area contributed by atoms with E-state index in [2.05, 4.69) is 4.85 Å². The molecule has 6 aromatic carbocycles. The number of nitrogens with zero attached hydrogens (tertiary/aromatic N) is 4. The SMILES string of the molecule is [C-]#[N+]c1cc(-n2c3ccc(C(F)(F)F)cc3c3cc(C(F)(F)F)ccc32)c(-n2c3ccc(C(F)(F)F)cc3c3cc(C(F)(F)F)ccc32)cc1-c1ccc(C(F)(F)F)cc1C#N. The molecule has 0 radical (unpaired) electrons. The number of rotatable bonds is 3. The maximum atomic E-state index is 14.1. The van der Waals surface area contributed by atoms with Crippen LogP contribution in [0.2, 0.25) is 0 Å². The van der Waals surface area contributed by atoms with Gasteiger partial charge in [0.2, 0.25) is 0 Å². The van der Waals surface area contributed by atoms with Gasteiger partial charge in [-0.1, -0.05) is 6.07 Å². The molecule has 0 saturated carbocycles. The molecular weight excluding hydrogens is 857 g/mol. The maximum absolute atomic E-state index is 14.1. The van der Waals surface area contributed by atoms with Crippen molar-refractivity contribution in [2.45, 2.75) is 30.9 Å². The predicted molar refractivity (Wildman–Crippen MR) is 197 cm³/mol. The summed E-state index contributed by atoms with van der Waals surface area (Å²) in [5.41, 5.74) is -9.39. The topological polar surface area (TPSA) is 38.0 Å². The van der Waals surface area contributed by atoms with Crippen LogP contribution in [0.5, 0.6) is 0 Å². The van der Waals surface area contributed by atoms with Crippen LogP contribution in [0.3, 0.4) is 0 Å². The first-order chi connectivity index (χ1) is 28.8. The van der Waals surface area contributed by atoms with Crippen LogP contribution in [0.4, 0.5) is 71.5 Å². The third-order valence-corrected chi connectivity index (χ3v) is 10.3. The number of alkyl halides is 15. The van der Waals surface area contributed by atoms with E-state index in [1.54, 1.807) is 6.07 Å². The molecule has 2 aromatic heterocycles. The highest BCUT2D eigenvalue weighted by atomic mass is 19.4. The van der Waals surface area contributed by atoms with Crippen molar-refractivity contribution >= 4 is 49.3 Å². The minimum Gasteiger partial charge on any atom is -0.308 e. The summed E-state index contributed by atoms with van der Waals surface area (Å²) in [7, 11) is 0. The van der Waals surface area contributed by atoms with Gasteiger partial charge in [-0.15, -0.1) is 0 Å². The Kier molecular flexibility index (Phi) is 9.18. The highest BCUT2D eigenvalue weighted by molar-refractivity contribution is 6.12. The number of hydrogen-bond acceptors (Lipinski definition) is 1. The predicted octanol–water partition coefficient (Wildman–Crippen LogP) is 15.1. The van der Waals surface area contributed by atoms with Gasteiger partial charge < -0.3 is 9.13 Å². The summed E-state index contributed by atoms with van der Waals surface area (Å²) in [6, 6.07) is 14.1.